The van der Waals surface area contributed by atoms with Gasteiger partial charge in [-0.2, -0.15) is 9.97 Å². The minimum atomic E-state index is -0.342. The molecule has 0 aliphatic carbocycles. The second-order valence-corrected chi connectivity index (χ2v) is 8.50. The SMILES string of the molecule is COc1nc(Nc2cc(C3CCN(C(C)=O)CC3)c(C)cc2C=N)cc(N2CC(O)C2)n1. The summed E-state index contributed by atoms with van der Waals surface area (Å²) in [5.74, 6) is 1.75. The second-order valence-electron chi connectivity index (χ2n) is 8.50. The van der Waals surface area contributed by atoms with E-state index in [1.807, 2.05) is 21.9 Å². The number of nitrogens with zero attached hydrogens (tertiary/aromatic N) is 4. The van der Waals surface area contributed by atoms with E-state index in [9.17, 15) is 9.90 Å². The zero-order valence-corrected chi connectivity index (χ0v) is 18.8. The Hall–Kier alpha value is -3.20. The van der Waals surface area contributed by atoms with E-state index in [4.69, 9.17) is 10.1 Å². The molecule has 2 aliphatic rings. The van der Waals surface area contributed by atoms with Gasteiger partial charge in [-0.25, -0.2) is 0 Å². The van der Waals surface area contributed by atoms with Crippen molar-refractivity contribution < 1.29 is 14.6 Å². The molecule has 0 bridgehead atoms. The molecule has 4 rings (SSSR count). The van der Waals surface area contributed by atoms with Gasteiger partial charge in [-0.05, 0) is 48.9 Å². The average Bonchev–Trinajstić information content (AvgIpc) is 2.77. The van der Waals surface area contributed by atoms with Crippen molar-refractivity contribution in [1.29, 1.82) is 5.41 Å². The Labute approximate surface area is 187 Å². The molecule has 2 aliphatic heterocycles. The minimum absolute atomic E-state index is 0.130. The van der Waals surface area contributed by atoms with E-state index in [0.717, 1.165) is 42.7 Å². The van der Waals surface area contributed by atoms with Gasteiger partial charge in [-0.1, -0.05) is 0 Å². The molecule has 0 spiro atoms. The van der Waals surface area contributed by atoms with Crippen LogP contribution in [0, 0.1) is 12.3 Å². The highest BCUT2D eigenvalue weighted by Gasteiger charge is 2.27. The third-order valence-electron chi connectivity index (χ3n) is 6.30. The maximum absolute atomic E-state index is 11.7. The molecule has 0 unspecified atom stereocenters. The number of benzene rings is 1. The summed E-state index contributed by atoms with van der Waals surface area (Å²) < 4.78 is 5.27. The van der Waals surface area contributed by atoms with Gasteiger partial charge in [0.05, 0.1) is 13.2 Å². The van der Waals surface area contributed by atoms with Crippen molar-refractivity contribution in [2.24, 2.45) is 0 Å². The minimum Gasteiger partial charge on any atom is -0.467 e. The van der Waals surface area contributed by atoms with Crippen LogP contribution >= 0.6 is 0 Å². The Kier molecular flexibility index (Phi) is 6.27. The third kappa shape index (κ3) is 4.52. The van der Waals surface area contributed by atoms with Crippen molar-refractivity contribution >= 4 is 29.4 Å². The lowest BCUT2D eigenvalue weighted by Crippen LogP contribution is -2.51. The summed E-state index contributed by atoms with van der Waals surface area (Å²) in [7, 11) is 1.52. The van der Waals surface area contributed by atoms with E-state index >= 15 is 0 Å². The molecule has 9 heteroatoms. The molecule has 2 aromatic rings. The number of aliphatic hydroxyl groups excluding tert-OH is 1. The summed E-state index contributed by atoms with van der Waals surface area (Å²) in [5.41, 5.74) is 3.94. The molecule has 2 saturated heterocycles. The first kappa shape index (κ1) is 22.0. The summed E-state index contributed by atoms with van der Waals surface area (Å²) in [5, 5.41) is 20.9. The predicted octanol–water partition coefficient (Wildman–Crippen LogP) is 2.44. The lowest BCUT2D eigenvalue weighted by molar-refractivity contribution is -0.129. The number of carbonyl (C=O) groups excluding carboxylic acids is 1. The zero-order valence-electron chi connectivity index (χ0n) is 18.8. The molecule has 0 radical (unpaired) electrons. The van der Waals surface area contributed by atoms with E-state index in [2.05, 4.69) is 28.3 Å². The van der Waals surface area contributed by atoms with Crippen LogP contribution in [0.5, 0.6) is 6.01 Å². The summed E-state index contributed by atoms with van der Waals surface area (Å²) in [6.07, 6.45) is 2.84. The highest BCUT2D eigenvalue weighted by Crippen LogP contribution is 2.34. The quantitative estimate of drug-likeness (QED) is 0.594. The summed E-state index contributed by atoms with van der Waals surface area (Å²) >= 11 is 0. The first-order valence-electron chi connectivity index (χ1n) is 10.9. The van der Waals surface area contributed by atoms with Gasteiger partial charge in [-0.3, -0.25) is 4.79 Å². The van der Waals surface area contributed by atoms with Gasteiger partial charge in [0, 0.05) is 56.6 Å². The number of piperidine rings is 1. The number of likely N-dealkylation sites (tertiary alicyclic amines) is 1. The maximum atomic E-state index is 11.7. The molecule has 32 heavy (non-hydrogen) atoms. The van der Waals surface area contributed by atoms with Gasteiger partial charge < -0.3 is 30.4 Å². The normalized spacial score (nSPS) is 17.1. The molecule has 0 saturated carbocycles. The van der Waals surface area contributed by atoms with Crippen LogP contribution in [-0.2, 0) is 4.79 Å². The molecule has 1 amide bonds. The van der Waals surface area contributed by atoms with Gasteiger partial charge in [0.2, 0.25) is 5.91 Å². The Morgan fingerprint density at radius 1 is 1.25 bits per heavy atom. The Morgan fingerprint density at radius 2 is 1.97 bits per heavy atom. The standard InChI is InChI=1S/C23H30N6O3/c1-14-8-17(11-24)20(9-19(14)16-4-6-28(7-5-16)15(2)30)25-21-10-22(27-23(26-21)32-3)29-12-18(31)13-29/h8-11,16,18,24,31H,4-7,12-13H2,1-3H3,(H,25,26,27). The molecule has 3 heterocycles. The number of aromatic nitrogens is 2. The van der Waals surface area contributed by atoms with Crippen molar-refractivity contribution in [3.63, 3.8) is 0 Å². The van der Waals surface area contributed by atoms with E-state index in [1.165, 1.54) is 18.9 Å². The fraction of sp³-hybridized carbons (Fsp3) is 0.478. The number of hydrogen-bond donors (Lipinski definition) is 3. The van der Waals surface area contributed by atoms with Gasteiger partial charge in [-0.15, -0.1) is 0 Å². The van der Waals surface area contributed by atoms with Crippen LogP contribution in [0.3, 0.4) is 0 Å². The third-order valence-corrected chi connectivity index (χ3v) is 6.30. The first-order chi connectivity index (χ1) is 15.4. The van der Waals surface area contributed by atoms with Gasteiger partial charge in [0.1, 0.15) is 11.6 Å². The fourth-order valence-corrected chi connectivity index (χ4v) is 4.43. The smallest absolute Gasteiger partial charge is 0.320 e. The lowest BCUT2D eigenvalue weighted by atomic mass is 9.85. The number of nitrogens with one attached hydrogen (secondary N) is 2. The number of rotatable bonds is 6. The van der Waals surface area contributed by atoms with Crippen molar-refractivity contribution in [3.05, 3.63) is 34.9 Å². The summed E-state index contributed by atoms with van der Waals surface area (Å²) in [4.78, 5) is 24.3. The zero-order chi connectivity index (χ0) is 22.8. The number of carbonyl (C=O) groups is 1. The van der Waals surface area contributed by atoms with Crippen LogP contribution < -0.4 is 15.0 Å². The van der Waals surface area contributed by atoms with Gasteiger partial charge in [0.15, 0.2) is 0 Å². The number of aliphatic hydroxyl groups is 1. The number of ether oxygens (including phenoxy) is 1. The van der Waals surface area contributed by atoms with Gasteiger partial charge in [0.25, 0.3) is 0 Å². The lowest BCUT2D eigenvalue weighted by Gasteiger charge is -2.36. The predicted molar refractivity (Wildman–Crippen MR) is 123 cm³/mol. The molecular formula is C23H30N6O3. The van der Waals surface area contributed by atoms with Gasteiger partial charge >= 0.3 is 6.01 Å². The summed E-state index contributed by atoms with van der Waals surface area (Å²) in [6.45, 7) is 6.28. The van der Waals surface area contributed by atoms with Crippen LogP contribution in [-0.4, -0.2) is 71.5 Å². The Morgan fingerprint density at radius 3 is 2.56 bits per heavy atom. The van der Waals surface area contributed by atoms with Crippen LogP contribution in [0.25, 0.3) is 0 Å². The highest BCUT2D eigenvalue weighted by molar-refractivity contribution is 5.88. The van der Waals surface area contributed by atoms with E-state index in [-0.39, 0.29) is 18.0 Å². The molecule has 1 aromatic carbocycles. The topological polar surface area (TPSA) is 115 Å². The van der Waals surface area contributed by atoms with Crippen LogP contribution in [0.2, 0.25) is 0 Å². The molecule has 1 aromatic heterocycles. The van der Waals surface area contributed by atoms with Crippen molar-refractivity contribution in [3.8, 4) is 6.01 Å². The molecule has 0 atom stereocenters. The van der Waals surface area contributed by atoms with Crippen LogP contribution in [0.15, 0.2) is 18.2 Å². The molecule has 9 nitrogen and oxygen atoms in total. The number of anilines is 3. The Bertz CT molecular complexity index is 1010. The number of amides is 1. The first-order valence-corrected chi connectivity index (χ1v) is 10.9. The number of methoxy groups -OCH3 is 1. The number of aryl methyl sites for hydroxylation is 1. The highest BCUT2D eigenvalue weighted by atomic mass is 16.5. The second kappa shape index (κ2) is 9.12. The van der Waals surface area contributed by atoms with Crippen molar-refractivity contribution in [1.82, 2.24) is 14.9 Å². The van der Waals surface area contributed by atoms with Crippen molar-refractivity contribution in [2.45, 2.75) is 38.7 Å². The maximum Gasteiger partial charge on any atom is 0.320 e. The molecule has 3 N–H and O–H groups in total. The average molecular weight is 439 g/mol. The summed E-state index contributed by atoms with van der Waals surface area (Å²) in [6, 6.07) is 6.19. The molecular weight excluding hydrogens is 408 g/mol. The fourth-order valence-electron chi connectivity index (χ4n) is 4.43. The molecule has 2 fully saturated rings. The van der Waals surface area contributed by atoms with E-state index < -0.39 is 0 Å². The Balaban J connectivity index is 1.61. The largest absolute Gasteiger partial charge is 0.467 e. The van der Waals surface area contributed by atoms with E-state index in [0.29, 0.717) is 30.6 Å². The number of β-amino-alcohol motifs (C(OH)–C–C–N with tert-alkyl or cyclic N) is 1. The van der Waals surface area contributed by atoms with Crippen LogP contribution in [0.1, 0.15) is 42.4 Å². The monoisotopic (exact) mass is 438 g/mol. The number of hydrogen-bond acceptors (Lipinski definition) is 8. The van der Waals surface area contributed by atoms with Crippen molar-refractivity contribution in [2.75, 3.05) is 43.5 Å². The van der Waals surface area contributed by atoms with E-state index in [1.54, 1.807) is 6.92 Å². The molecule has 170 valence electrons. The van der Waals surface area contributed by atoms with Crippen LogP contribution in [0.4, 0.5) is 17.3 Å².